The highest BCUT2D eigenvalue weighted by atomic mass is 19.3. The van der Waals surface area contributed by atoms with Gasteiger partial charge in [0.1, 0.15) is 5.75 Å². The summed E-state index contributed by atoms with van der Waals surface area (Å²) in [6.07, 6.45) is -1.37. The minimum atomic E-state index is -2.68. The number of benzene rings is 1. The van der Waals surface area contributed by atoms with Gasteiger partial charge in [0.15, 0.2) is 6.61 Å². The summed E-state index contributed by atoms with van der Waals surface area (Å²) in [4.78, 5) is 26.2. The van der Waals surface area contributed by atoms with Gasteiger partial charge in [-0.3, -0.25) is 9.59 Å². The van der Waals surface area contributed by atoms with Crippen molar-refractivity contribution in [3.63, 3.8) is 0 Å². The normalized spacial score (nSPS) is 14.3. The maximum atomic E-state index is 12.4. The van der Waals surface area contributed by atoms with E-state index in [-0.39, 0.29) is 12.5 Å². The number of carbonyl (C=O) groups is 2. The van der Waals surface area contributed by atoms with Crippen LogP contribution in [0, 0.1) is 0 Å². The molecule has 24 heavy (non-hydrogen) atoms. The van der Waals surface area contributed by atoms with E-state index in [0.29, 0.717) is 24.4 Å². The number of ether oxygens (including phenoxy) is 1. The van der Waals surface area contributed by atoms with Gasteiger partial charge in [0, 0.05) is 31.3 Å². The van der Waals surface area contributed by atoms with E-state index in [1.165, 1.54) is 0 Å². The predicted molar refractivity (Wildman–Crippen MR) is 83.2 cm³/mol. The lowest BCUT2D eigenvalue weighted by Gasteiger charge is -2.21. The van der Waals surface area contributed by atoms with Crippen LogP contribution >= 0.6 is 0 Å². The highest BCUT2D eigenvalue weighted by Gasteiger charge is 2.22. The smallest absolute Gasteiger partial charge is 0.260 e. The highest BCUT2D eigenvalue weighted by Crippen LogP contribution is 2.25. The number of alkyl halides is 2. The Labute approximate surface area is 138 Å². The molecule has 0 bridgehead atoms. The zero-order chi connectivity index (χ0) is 17.5. The molecule has 132 valence electrons. The van der Waals surface area contributed by atoms with Crippen molar-refractivity contribution in [1.29, 1.82) is 0 Å². The average molecular weight is 342 g/mol. The van der Waals surface area contributed by atoms with Crippen molar-refractivity contribution in [3.05, 3.63) is 24.3 Å². The Morgan fingerprint density at radius 3 is 2.83 bits per heavy atom. The third-order valence-corrected chi connectivity index (χ3v) is 3.65. The molecule has 8 heteroatoms. The van der Waals surface area contributed by atoms with Gasteiger partial charge in [0.2, 0.25) is 5.91 Å². The van der Waals surface area contributed by atoms with Crippen molar-refractivity contribution in [3.8, 4) is 5.75 Å². The molecule has 0 spiro atoms. The summed E-state index contributed by atoms with van der Waals surface area (Å²) in [5.41, 5.74) is 0.683. The first-order valence-electron chi connectivity index (χ1n) is 7.71. The number of amides is 2. The third-order valence-electron chi connectivity index (χ3n) is 3.65. The molecule has 6 nitrogen and oxygen atoms in total. The van der Waals surface area contributed by atoms with Gasteiger partial charge in [0.25, 0.3) is 12.3 Å². The lowest BCUT2D eigenvalue weighted by Crippen LogP contribution is -2.40. The van der Waals surface area contributed by atoms with Crippen molar-refractivity contribution in [2.75, 3.05) is 37.7 Å². The summed E-state index contributed by atoms with van der Waals surface area (Å²) < 4.78 is 30.2. The number of anilines is 1. The van der Waals surface area contributed by atoms with Crippen LogP contribution in [0.1, 0.15) is 12.8 Å². The molecule has 1 aromatic rings. The van der Waals surface area contributed by atoms with Gasteiger partial charge in [-0.2, -0.15) is 0 Å². The van der Waals surface area contributed by atoms with Crippen LogP contribution < -0.4 is 9.64 Å². The Balaban J connectivity index is 1.95. The molecule has 0 atom stereocenters. The van der Waals surface area contributed by atoms with E-state index in [1.54, 1.807) is 29.2 Å². The molecule has 1 saturated heterocycles. The van der Waals surface area contributed by atoms with Crippen LogP contribution in [0.3, 0.4) is 0 Å². The van der Waals surface area contributed by atoms with E-state index in [2.05, 4.69) is 0 Å². The van der Waals surface area contributed by atoms with Crippen LogP contribution in [0.5, 0.6) is 5.75 Å². The lowest BCUT2D eigenvalue weighted by atomic mass is 10.3. The van der Waals surface area contributed by atoms with Crippen molar-refractivity contribution in [1.82, 2.24) is 4.90 Å². The molecule has 1 fully saturated rings. The van der Waals surface area contributed by atoms with Gasteiger partial charge in [-0.1, -0.05) is 6.07 Å². The SMILES string of the molecule is O=C(COc1cccc(N2CCCC2=O)c1)N(CCO)CC(F)F. The van der Waals surface area contributed by atoms with Crippen LogP contribution in [0.2, 0.25) is 0 Å². The molecule has 1 aromatic carbocycles. The second-order valence-corrected chi connectivity index (χ2v) is 5.39. The molecular weight excluding hydrogens is 322 g/mol. The molecule has 1 N–H and O–H groups in total. The Hall–Kier alpha value is -2.22. The standard InChI is InChI=1S/C16H20F2N2O4/c17-14(18)10-19(7-8-21)16(23)11-24-13-4-1-3-12(9-13)20-6-2-5-15(20)22/h1,3-4,9,14,21H,2,5-8,10-11H2. The molecule has 0 saturated carbocycles. The number of aliphatic hydroxyl groups excluding tert-OH is 1. The van der Waals surface area contributed by atoms with E-state index in [9.17, 15) is 18.4 Å². The maximum Gasteiger partial charge on any atom is 0.260 e. The molecule has 0 aliphatic carbocycles. The molecule has 0 aromatic heterocycles. The van der Waals surface area contributed by atoms with E-state index < -0.39 is 32.1 Å². The van der Waals surface area contributed by atoms with Crippen LogP contribution in [-0.4, -0.2) is 61.1 Å². The Kier molecular flexibility index (Phi) is 6.48. The van der Waals surface area contributed by atoms with Gasteiger partial charge in [-0.05, 0) is 18.6 Å². The summed E-state index contributed by atoms with van der Waals surface area (Å²) in [5, 5.41) is 8.85. The minimum Gasteiger partial charge on any atom is -0.484 e. The summed E-state index contributed by atoms with van der Waals surface area (Å²) in [7, 11) is 0. The first kappa shape index (κ1) is 18.1. The topological polar surface area (TPSA) is 70.1 Å². The molecule has 1 aliphatic heterocycles. The van der Waals surface area contributed by atoms with Gasteiger partial charge in [-0.15, -0.1) is 0 Å². The lowest BCUT2D eigenvalue weighted by molar-refractivity contribution is -0.135. The van der Waals surface area contributed by atoms with Crippen LogP contribution in [0.15, 0.2) is 24.3 Å². The van der Waals surface area contributed by atoms with Crippen molar-refractivity contribution in [2.45, 2.75) is 19.3 Å². The first-order valence-corrected chi connectivity index (χ1v) is 7.71. The van der Waals surface area contributed by atoms with E-state index >= 15 is 0 Å². The fourth-order valence-corrected chi connectivity index (χ4v) is 2.50. The minimum absolute atomic E-state index is 0.0364. The number of hydrogen-bond donors (Lipinski definition) is 1. The summed E-state index contributed by atoms with van der Waals surface area (Å²) in [6.45, 7) is -1.09. The van der Waals surface area contributed by atoms with E-state index in [4.69, 9.17) is 9.84 Å². The number of hydrogen-bond acceptors (Lipinski definition) is 4. The van der Waals surface area contributed by atoms with Crippen molar-refractivity contribution >= 4 is 17.5 Å². The quantitative estimate of drug-likeness (QED) is 0.773. The number of halogens is 2. The fraction of sp³-hybridized carbons (Fsp3) is 0.500. The molecule has 0 unspecified atom stereocenters. The number of rotatable bonds is 8. The number of carbonyl (C=O) groups excluding carboxylic acids is 2. The molecular formula is C16H20F2N2O4. The molecule has 2 rings (SSSR count). The summed E-state index contributed by atoms with van der Waals surface area (Å²) in [6, 6.07) is 6.74. The third kappa shape index (κ3) is 4.89. The van der Waals surface area contributed by atoms with E-state index in [0.717, 1.165) is 11.3 Å². The maximum absolute atomic E-state index is 12.4. The van der Waals surface area contributed by atoms with Gasteiger partial charge in [-0.25, -0.2) is 8.78 Å². The van der Waals surface area contributed by atoms with Crippen LogP contribution in [0.25, 0.3) is 0 Å². The monoisotopic (exact) mass is 342 g/mol. The van der Waals surface area contributed by atoms with Gasteiger partial charge < -0.3 is 19.6 Å². The number of nitrogens with zero attached hydrogens (tertiary/aromatic N) is 2. The van der Waals surface area contributed by atoms with Crippen molar-refractivity contribution < 1.29 is 28.2 Å². The Morgan fingerprint density at radius 1 is 1.42 bits per heavy atom. The summed E-state index contributed by atoms with van der Waals surface area (Å²) in [5.74, 6) is -0.220. The van der Waals surface area contributed by atoms with Crippen molar-refractivity contribution in [2.24, 2.45) is 0 Å². The van der Waals surface area contributed by atoms with Gasteiger partial charge >= 0.3 is 0 Å². The molecule has 2 amide bonds. The Bertz CT molecular complexity index is 583. The zero-order valence-electron chi connectivity index (χ0n) is 13.2. The fourth-order valence-electron chi connectivity index (χ4n) is 2.50. The first-order chi connectivity index (χ1) is 11.5. The van der Waals surface area contributed by atoms with Crippen LogP contribution in [0.4, 0.5) is 14.5 Å². The summed E-state index contributed by atoms with van der Waals surface area (Å²) >= 11 is 0. The average Bonchev–Trinajstić information content (AvgIpc) is 2.98. The van der Waals surface area contributed by atoms with Crippen LogP contribution in [-0.2, 0) is 9.59 Å². The second-order valence-electron chi connectivity index (χ2n) is 5.39. The van der Waals surface area contributed by atoms with E-state index in [1.807, 2.05) is 0 Å². The second kappa shape index (κ2) is 8.58. The highest BCUT2D eigenvalue weighted by molar-refractivity contribution is 5.95. The Morgan fingerprint density at radius 2 is 2.21 bits per heavy atom. The molecule has 1 aliphatic rings. The molecule has 1 heterocycles. The van der Waals surface area contributed by atoms with Gasteiger partial charge in [0.05, 0.1) is 13.2 Å². The predicted octanol–water partition coefficient (Wildman–Crippen LogP) is 1.28. The molecule has 0 radical (unpaired) electrons. The zero-order valence-corrected chi connectivity index (χ0v) is 13.2. The largest absolute Gasteiger partial charge is 0.484 e. The number of aliphatic hydroxyl groups is 1.